The van der Waals surface area contributed by atoms with E-state index in [-0.39, 0.29) is 25.3 Å². The zero-order valence-corrected chi connectivity index (χ0v) is 12.1. The van der Waals surface area contributed by atoms with Crippen LogP contribution in [0.1, 0.15) is 24.7 Å². The molecule has 118 valence electrons. The van der Waals surface area contributed by atoms with Gasteiger partial charge in [0, 0.05) is 6.42 Å². The number of furan rings is 1. The minimum absolute atomic E-state index is 0.00285. The minimum Gasteiger partial charge on any atom is -0.466 e. The number of aryl methyl sites for hydroxylation is 1. The molecular weight excluding hydrogens is 292 g/mol. The molecule has 1 atom stereocenters. The second-order valence-electron chi connectivity index (χ2n) is 5.28. The lowest BCUT2D eigenvalue weighted by Gasteiger charge is -2.21. The topological polar surface area (TPSA) is 62.5 Å². The van der Waals surface area contributed by atoms with E-state index in [0.717, 1.165) is 12.1 Å². The molecule has 0 saturated carbocycles. The number of rotatable bonds is 6. The lowest BCUT2D eigenvalue weighted by Crippen LogP contribution is -2.38. The Balaban J connectivity index is 1.82. The van der Waals surface area contributed by atoms with Crippen LogP contribution in [0.3, 0.4) is 0 Å². The van der Waals surface area contributed by atoms with Gasteiger partial charge in [0.1, 0.15) is 11.4 Å². The molecular formula is C16H17F2NO3. The number of benzene rings is 1. The average molecular weight is 309 g/mol. The second-order valence-corrected chi connectivity index (χ2v) is 5.28. The fourth-order valence-electron chi connectivity index (χ4n) is 1.98. The molecule has 0 spiro atoms. The maximum absolute atomic E-state index is 13.0. The Hall–Kier alpha value is -2.21. The first-order chi connectivity index (χ1) is 10.4. The van der Waals surface area contributed by atoms with Gasteiger partial charge >= 0.3 is 0 Å². The van der Waals surface area contributed by atoms with Crippen molar-refractivity contribution in [1.29, 1.82) is 0 Å². The zero-order valence-electron chi connectivity index (χ0n) is 12.1. The molecule has 6 heteroatoms. The largest absolute Gasteiger partial charge is 0.466 e. The van der Waals surface area contributed by atoms with E-state index in [2.05, 4.69) is 5.32 Å². The van der Waals surface area contributed by atoms with Crippen molar-refractivity contribution in [2.45, 2.75) is 25.4 Å². The van der Waals surface area contributed by atoms with Gasteiger partial charge in [0.05, 0.1) is 12.8 Å². The summed E-state index contributed by atoms with van der Waals surface area (Å²) < 4.78 is 30.9. The number of halogens is 2. The van der Waals surface area contributed by atoms with E-state index in [0.29, 0.717) is 11.3 Å². The summed E-state index contributed by atoms with van der Waals surface area (Å²) in [5, 5.41) is 12.8. The first-order valence-corrected chi connectivity index (χ1v) is 6.85. The number of nitrogens with one attached hydrogen (secondary N) is 1. The molecule has 2 N–H and O–H groups in total. The van der Waals surface area contributed by atoms with Crippen LogP contribution in [0, 0.1) is 11.6 Å². The van der Waals surface area contributed by atoms with Crippen LogP contribution in [-0.4, -0.2) is 17.6 Å². The summed E-state index contributed by atoms with van der Waals surface area (Å²) in [5.41, 5.74) is -0.770. The van der Waals surface area contributed by atoms with Gasteiger partial charge in [-0.25, -0.2) is 8.78 Å². The smallest absolute Gasteiger partial charge is 0.220 e. The number of hydrogen-bond acceptors (Lipinski definition) is 3. The van der Waals surface area contributed by atoms with E-state index in [1.807, 2.05) is 0 Å². The van der Waals surface area contributed by atoms with Gasteiger partial charge in [0.15, 0.2) is 11.6 Å². The minimum atomic E-state index is -1.30. The molecule has 22 heavy (non-hydrogen) atoms. The molecule has 1 aromatic carbocycles. The van der Waals surface area contributed by atoms with E-state index in [4.69, 9.17) is 4.42 Å². The summed E-state index contributed by atoms with van der Waals surface area (Å²) in [6, 6.07) is 6.80. The first-order valence-electron chi connectivity index (χ1n) is 6.85. The Morgan fingerprint density at radius 1 is 1.32 bits per heavy atom. The van der Waals surface area contributed by atoms with E-state index < -0.39 is 17.2 Å². The lowest BCUT2D eigenvalue weighted by atomic mass is 10.0. The highest BCUT2D eigenvalue weighted by Gasteiger charge is 2.26. The number of aliphatic hydroxyl groups is 1. The van der Waals surface area contributed by atoms with Crippen LogP contribution < -0.4 is 5.32 Å². The molecule has 1 unspecified atom stereocenters. The highest BCUT2D eigenvalue weighted by atomic mass is 19.2. The first kappa shape index (κ1) is 16.2. The molecule has 2 aromatic rings. The van der Waals surface area contributed by atoms with Crippen LogP contribution in [0.5, 0.6) is 0 Å². The summed E-state index contributed by atoms with van der Waals surface area (Å²) in [5.74, 6) is -1.79. The van der Waals surface area contributed by atoms with Gasteiger partial charge in [-0.05, 0) is 43.2 Å². The number of amides is 1. The van der Waals surface area contributed by atoms with Crippen LogP contribution in [0.25, 0.3) is 0 Å². The Bertz CT molecular complexity index is 639. The molecule has 0 saturated heterocycles. The summed E-state index contributed by atoms with van der Waals surface area (Å²) in [6.45, 7) is 1.53. The Kier molecular flexibility index (Phi) is 4.92. The molecule has 0 aliphatic carbocycles. The molecule has 1 aromatic heterocycles. The average Bonchev–Trinajstić information content (AvgIpc) is 3.01. The Morgan fingerprint density at radius 3 is 2.73 bits per heavy atom. The lowest BCUT2D eigenvalue weighted by molar-refractivity contribution is -0.122. The van der Waals surface area contributed by atoms with Gasteiger partial charge < -0.3 is 14.8 Å². The van der Waals surface area contributed by atoms with Crippen molar-refractivity contribution < 1.29 is 23.1 Å². The molecule has 1 amide bonds. The van der Waals surface area contributed by atoms with Crippen molar-refractivity contribution in [3.05, 3.63) is 59.6 Å². The Labute approximate surface area is 126 Å². The van der Waals surface area contributed by atoms with Crippen LogP contribution >= 0.6 is 0 Å². The van der Waals surface area contributed by atoms with E-state index >= 15 is 0 Å². The molecule has 0 aliphatic rings. The van der Waals surface area contributed by atoms with Crippen molar-refractivity contribution >= 4 is 5.91 Å². The fourth-order valence-corrected chi connectivity index (χ4v) is 1.98. The third-order valence-corrected chi connectivity index (χ3v) is 3.31. The van der Waals surface area contributed by atoms with Crippen molar-refractivity contribution in [2.24, 2.45) is 0 Å². The highest BCUT2D eigenvalue weighted by Crippen LogP contribution is 2.19. The predicted octanol–water partition coefficient (Wildman–Crippen LogP) is 2.51. The van der Waals surface area contributed by atoms with Crippen molar-refractivity contribution in [3.63, 3.8) is 0 Å². The van der Waals surface area contributed by atoms with Gasteiger partial charge in [0.25, 0.3) is 0 Å². The van der Waals surface area contributed by atoms with Crippen LogP contribution in [0.2, 0.25) is 0 Å². The van der Waals surface area contributed by atoms with Crippen LogP contribution in [0.4, 0.5) is 8.78 Å². The second kappa shape index (κ2) is 6.70. The maximum Gasteiger partial charge on any atom is 0.220 e. The third kappa shape index (κ3) is 4.14. The van der Waals surface area contributed by atoms with E-state index in [9.17, 15) is 18.7 Å². The number of hydrogen-bond donors (Lipinski definition) is 2. The molecule has 2 rings (SSSR count). The van der Waals surface area contributed by atoms with Crippen molar-refractivity contribution in [3.8, 4) is 0 Å². The molecule has 4 nitrogen and oxygen atoms in total. The van der Waals surface area contributed by atoms with Gasteiger partial charge in [0.2, 0.25) is 5.91 Å². The van der Waals surface area contributed by atoms with Crippen LogP contribution in [-0.2, 0) is 16.8 Å². The summed E-state index contributed by atoms with van der Waals surface area (Å²) in [4.78, 5) is 11.8. The number of carbonyl (C=O) groups excluding carboxylic acids is 1. The van der Waals surface area contributed by atoms with Gasteiger partial charge in [-0.3, -0.25) is 4.79 Å². The normalized spacial score (nSPS) is 13.6. The fraction of sp³-hybridized carbons (Fsp3) is 0.312. The molecule has 0 bridgehead atoms. The summed E-state index contributed by atoms with van der Waals surface area (Å²) in [7, 11) is 0. The van der Waals surface area contributed by atoms with Crippen LogP contribution in [0.15, 0.2) is 41.0 Å². The monoisotopic (exact) mass is 309 g/mol. The van der Waals surface area contributed by atoms with E-state index in [1.165, 1.54) is 19.3 Å². The van der Waals surface area contributed by atoms with Crippen molar-refractivity contribution in [2.75, 3.05) is 6.54 Å². The molecule has 0 aliphatic heterocycles. The Morgan fingerprint density at radius 2 is 2.09 bits per heavy atom. The molecule has 1 heterocycles. The standard InChI is InChI=1S/C16H17F2NO3/c1-16(21,14-3-2-8-22-14)10-19-15(20)7-5-11-4-6-12(17)13(18)9-11/h2-4,6,8-9,21H,5,7,10H2,1H3,(H,19,20). The molecule has 0 radical (unpaired) electrons. The highest BCUT2D eigenvalue weighted by molar-refractivity contribution is 5.76. The van der Waals surface area contributed by atoms with Gasteiger partial charge in [-0.1, -0.05) is 6.07 Å². The van der Waals surface area contributed by atoms with Gasteiger partial charge in [-0.15, -0.1) is 0 Å². The van der Waals surface area contributed by atoms with Gasteiger partial charge in [-0.2, -0.15) is 0 Å². The van der Waals surface area contributed by atoms with E-state index in [1.54, 1.807) is 12.1 Å². The quantitative estimate of drug-likeness (QED) is 0.862. The van der Waals surface area contributed by atoms with Crippen molar-refractivity contribution in [1.82, 2.24) is 5.32 Å². The SMILES string of the molecule is CC(O)(CNC(=O)CCc1ccc(F)c(F)c1)c1ccco1. The zero-order chi connectivity index (χ0) is 16.2. The predicted molar refractivity (Wildman–Crippen MR) is 76.0 cm³/mol. The molecule has 0 fully saturated rings. The summed E-state index contributed by atoms with van der Waals surface area (Å²) >= 11 is 0. The third-order valence-electron chi connectivity index (χ3n) is 3.31. The maximum atomic E-state index is 13.0. The number of carbonyl (C=O) groups is 1. The summed E-state index contributed by atoms with van der Waals surface area (Å²) in [6.07, 6.45) is 1.83.